The molecule has 0 aliphatic heterocycles. The van der Waals surface area contributed by atoms with E-state index in [2.05, 4.69) is 42.5 Å². The van der Waals surface area contributed by atoms with Crippen LogP contribution in [0.4, 0.5) is 5.69 Å². The van der Waals surface area contributed by atoms with Crippen molar-refractivity contribution < 1.29 is 4.42 Å². The number of hydrogen-bond donors (Lipinski definition) is 1. The van der Waals surface area contributed by atoms with Gasteiger partial charge in [0.25, 0.3) is 0 Å². The zero-order valence-electron chi connectivity index (χ0n) is 13.0. The lowest BCUT2D eigenvalue weighted by atomic mass is 9.97. The van der Waals surface area contributed by atoms with E-state index in [0.717, 1.165) is 27.6 Å². The van der Waals surface area contributed by atoms with Crippen LogP contribution in [0.1, 0.15) is 0 Å². The van der Waals surface area contributed by atoms with Crippen LogP contribution in [0, 0.1) is 0 Å². The first-order valence-corrected chi connectivity index (χ1v) is 7.99. The SMILES string of the molecule is Nc1ccc2cc(-c3cccc4oc5ccccc5c34)ccc2c1. The molecule has 0 aliphatic rings. The molecule has 5 aromatic rings. The van der Waals surface area contributed by atoms with Gasteiger partial charge < -0.3 is 10.2 Å². The van der Waals surface area contributed by atoms with Gasteiger partial charge in [-0.25, -0.2) is 0 Å². The molecule has 0 unspecified atom stereocenters. The molecular formula is C22H15NO. The standard InChI is InChI=1S/C22H15NO/c23-17-11-10-14-12-16(9-8-15(14)13-17)18-5-3-7-21-22(18)19-4-1-2-6-20(19)24-21/h1-13H,23H2. The molecule has 0 atom stereocenters. The quantitative estimate of drug-likeness (QED) is 0.386. The Hall–Kier alpha value is -3.26. The summed E-state index contributed by atoms with van der Waals surface area (Å²) in [5.41, 5.74) is 10.9. The van der Waals surface area contributed by atoms with Crippen molar-refractivity contribution >= 4 is 38.4 Å². The van der Waals surface area contributed by atoms with Crippen LogP contribution in [0.25, 0.3) is 43.8 Å². The van der Waals surface area contributed by atoms with Crippen molar-refractivity contribution in [3.63, 3.8) is 0 Å². The molecule has 2 nitrogen and oxygen atoms in total. The van der Waals surface area contributed by atoms with E-state index in [1.54, 1.807) is 0 Å². The Morgan fingerprint density at radius 2 is 1.46 bits per heavy atom. The highest BCUT2D eigenvalue weighted by Gasteiger charge is 2.12. The minimum atomic E-state index is 0.790. The van der Waals surface area contributed by atoms with Gasteiger partial charge in [0, 0.05) is 16.5 Å². The predicted octanol–water partition coefficient (Wildman–Crippen LogP) is 5.99. The van der Waals surface area contributed by atoms with Crippen LogP contribution in [-0.2, 0) is 0 Å². The maximum absolute atomic E-state index is 6.00. The number of para-hydroxylation sites is 1. The zero-order valence-corrected chi connectivity index (χ0v) is 13.0. The fourth-order valence-electron chi connectivity index (χ4n) is 3.45. The number of benzene rings is 4. The van der Waals surface area contributed by atoms with Crippen LogP contribution < -0.4 is 5.73 Å². The molecular weight excluding hydrogens is 294 g/mol. The van der Waals surface area contributed by atoms with Gasteiger partial charge in [-0.1, -0.05) is 48.5 Å². The molecule has 0 bridgehead atoms. The Bertz CT molecular complexity index is 1220. The largest absolute Gasteiger partial charge is 0.456 e. The molecule has 1 aromatic heterocycles. The summed E-state index contributed by atoms with van der Waals surface area (Å²) in [4.78, 5) is 0. The van der Waals surface area contributed by atoms with Gasteiger partial charge in [-0.2, -0.15) is 0 Å². The smallest absolute Gasteiger partial charge is 0.136 e. The van der Waals surface area contributed by atoms with E-state index in [0.29, 0.717) is 0 Å². The first kappa shape index (κ1) is 13.2. The number of rotatable bonds is 1. The topological polar surface area (TPSA) is 39.2 Å². The molecule has 2 heteroatoms. The van der Waals surface area contributed by atoms with E-state index < -0.39 is 0 Å². The fraction of sp³-hybridized carbons (Fsp3) is 0. The summed E-state index contributed by atoms with van der Waals surface area (Å²) in [5, 5.41) is 4.66. The molecule has 0 saturated carbocycles. The number of fused-ring (bicyclic) bond motifs is 4. The third-order valence-corrected chi connectivity index (χ3v) is 4.58. The lowest BCUT2D eigenvalue weighted by Gasteiger charge is -2.06. The first-order chi connectivity index (χ1) is 11.8. The number of nitrogen functional groups attached to an aromatic ring is 1. The molecule has 0 amide bonds. The van der Waals surface area contributed by atoms with Gasteiger partial charge in [0.2, 0.25) is 0 Å². The van der Waals surface area contributed by atoms with Gasteiger partial charge in [-0.15, -0.1) is 0 Å². The van der Waals surface area contributed by atoms with E-state index in [9.17, 15) is 0 Å². The van der Waals surface area contributed by atoms with Crippen LogP contribution >= 0.6 is 0 Å². The van der Waals surface area contributed by atoms with Crippen LogP contribution in [0.15, 0.2) is 83.3 Å². The van der Waals surface area contributed by atoms with Crippen molar-refractivity contribution in [2.75, 3.05) is 5.73 Å². The highest BCUT2D eigenvalue weighted by Crippen LogP contribution is 2.37. The molecule has 4 aromatic carbocycles. The molecule has 0 aliphatic carbocycles. The summed E-state index contributed by atoms with van der Waals surface area (Å²) in [6, 6.07) is 26.9. The minimum Gasteiger partial charge on any atom is -0.456 e. The molecule has 0 radical (unpaired) electrons. The van der Waals surface area contributed by atoms with Gasteiger partial charge in [0.1, 0.15) is 11.2 Å². The molecule has 24 heavy (non-hydrogen) atoms. The second kappa shape index (κ2) is 4.87. The third kappa shape index (κ3) is 1.90. The monoisotopic (exact) mass is 309 g/mol. The molecule has 2 N–H and O–H groups in total. The second-order valence-electron chi connectivity index (χ2n) is 6.10. The summed E-state index contributed by atoms with van der Waals surface area (Å²) in [6.07, 6.45) is 0. The molecule has 0 spiro atoms. The van der Waals surface area contributed by atoms with Gasteiger partial charge in [0.15, 0.2) is 0 Å². The molecule has 114 valence electrons. The number of nitrogens with two attached hydrogens (primary N) is 1. The predicted molar refractivity (Wildman–Crippen MR) is 101 cm³/mol. The molecule has 5 rings (SSSR count). The third-order valence-electron chi connectivity index (χ3n) is 4.58. The fourth-order valence-corrected chi connectivity index (χ4v) is 3.45. The van der Waals surface area contributed by atoms with Gasteiger partial charge >= 0.3 is 0 Å². The lowest BCUT2D eigenvalue weighted by molar-refractivity contribution is 0.669. The van der Waals surface area contributed by atoms with Gasteiger partial charge in [-0.3, -0.25) is 0 Å². The van der Waals surface area contributed by atoms with Crippen molar-refractivity contribution in [2.45, 2.75) is 0 Å². The Morgan fingerprint density at radius 1 is 0.667 bits per heavy atom. The average Bonchev–Trinajstić information content (AvgIpc) is 3.00. The van der Waals surface area contributed by atoms with Crippen molar-refractivity contribution in [1.29, 1.82) is 0 Å². The Balaban J connectivity index is 1.84. The summed E-state index contributed by atoms with van der Waals surface area (Å²) < 4.78 is 6.00. The van der Waals surface area contributed by atoms with Crippen LogP contribution in [0.3, 0.4) is 0 Å². The molecule has 0 saturated heterocycles. The normalized spacial score (nSPS) is 11.5. The maximum Gasteiger partial charge on any atom is 0.136 e. The highest BCUT2D eigenvalue weighted by molar-refractivity contribution is 6.12. The first-order valence-electron chi connectivity index (χ1n) is 7.99. The zero-order chi connectivity index (χ0) is 16.1. The summed E-state index contributed by atoms with van der Waals surface area (Å²) in [5.74, 6) is 0. The van der Waals surface area contributed by atoms with E-state index in [1.165, 1.54) is 21.9 Å². The number of anilines is 1. The van der Waals surface area contributed by atoms with Gasteiger partial charge in [0.05, 0.1) is 0 Å². The van der Waals surface area contributed by atoms with Crippen molar-refractivity contribution in [3.8, 4) is 11.1 Å². The van der Waals surface area contributed by atoms with Crippen LogP contribution in [0.5, 0.6) is 0 Å². The van der Waals surface area contributed by atoms with E-state index in [-0.39, 0.29) is 0 Å². The molecule has 0 fully saturated rings. The van der Waals surface area contributed by atoms with Crippen LogP contribution in [-0.4, -0.2) is 0 Å². The highest BCUT2D eigenvalue weighted by atomic mass is 16.3. The van der Waals surface area contributed by atoms with E-state index in [4.69, 9.17) is 10.2 Å². The number of hydrogen-bond acceptors (Lipinski definition) is 2. The Labute approximate surface area is 139 Å². The summed E-state index contributed by atoms with van der Waals surface area (Å²) >= 11 is 0. The van der Waals surface area contributed by atoms with Crippen molar-refractivity contribution in [2.24, 2.45) is 0 Å². The molecule has 1 heterocycles. The minimum absolute atomic E-state index is 0.790. The Morgan fingerprint density at radius 3 is 2.42 bits per heavy atom. The average molecular weight is 309 g/mol. The van der Waals surface area contributed by atoms with Crippen LogP contribution in [0.2, 0.25) is 0 Å². The summed E-state index contributed by atoms with van der Waals surface area (Å²) in [7, 11) is 0. The summed E-state index contributed by atoms with van der Waals surface area (Å²) in [6.45, 7) is 0. The van der Waals surface area contributed by atoms with Crippen molar-refractivity contribution in [1.82, 2.24) is 0 Å². The van der Waals surface area contributed by atoms with E-state index >= 15 is 0 Å². The second-order valence-corrected chi connectivity index (χ2v) is 6.10. The van der Waals surface area contributed by atoms with Gasteiger partial charge in [-0.05, 0) is 52.2 Å². The lowest BCUT2D eigenvalue weighted by Crippen LogP contribution is -1.85. The maximum atomic E-state index is 6.00. The number of furan rings is 1. The van der Waals surface area contributed by atoms with E-state index in [1.807, 2.05) is 36.4 Å². The Kier molecular flexibility index (Phi) is 2.68. The van der Waals surface area contributed by atoms with Crippen molar-refractivity contribution in [3.05, 3.63) is 78.9 Å².